The number of aromatic amines is 1. The zero-order valence-electron chi connectivity index (χ0n) is 15.4. The maximum Gasteiger partial charge on any atom is 0.136 e. The SMILES string of the molecule is CC.NC(=NCc1ccc2[nH]cc(C3=CCNCC3)c2c1)c1cccs1. The van der Waals surface area contributed by atoms with Crippen LogP contribution in [0.5, 0.6) is 0 Å². The predicted molar refractivity (Wildman–Crippen MR) is 114 cm³/mol. The summed E-state index contributed by atoms with van der Waals surface area (Å²) < 4.78 is 0. The highest BCUT2D eigenvalue weighted by molar-refractivity contribution is 7.12. The third-order valence-corrected chi connectivity index (χ3v) is 5.25. The van der Waals surface area contributed by atoms with Gasteiger partial charge in [-0.1, -0.05) is 32.1 Å². The normalized spacial score (nSPS) is 14.7. The molecule has 0 bridgehead atoms. The molecule has 136 valence electrons. The minimum Gasteiger partial charge on any atom is -0.383 e. The Labute approximate surface area is 158 Å². The van der Waals surface area contributed by atoms with Crippen molar-refractivity contribution in [2.24, 2.45) is 10.7 Å². The zero-order valence-corrected chi connectivity index (χ0v) is 16.2. The first-order valence-corrected chi connectivity index (χ1v) is 10.0. The zero-order chi connectivity index (χ0) is 18.4. The Bertz CT molecular complexity index is 903. The van der Waals surface area contributed by atoms with Crippen molar-refractivity contribution < 1.29 is 0 Å². The molecule has 0 saturated heterocycles. The summed E-state index contributed by atoms with van der Waals surface area (Å²) in [6.45, 7) is 6.59. The van der Waals surface area contributed by atoms with Gasteiger partial charge in [-0.3, -0.25) is 4.99 Å². The maximum absolute atomic E-state index is 6.06. The van der Waals surface area contributed by atoms with E-state index in [2.05, 4.69) is 45.8 Å². The first kappa shape index (κ1) is 18.4. The van der Waals surface area contributed by atoms with Crippen molar-refractivity contribution in [3.63, 3.8) is 0 Å². The summed E-state index contributed by atoms with van der Waals surface area (Å²) in [6.07, 6.45) is 5.47. The number of aliphatic imine (C=N–C) groups is 1. The lowest BCUT2D eigenvalue weighted by atomic mass is 9.99. The number of fused-ring (bicyclic) bond motifs is 1. The molecular formula is C21H26N4S. The van der Waals surface area contributed by atoms with Crippen LogP contribution in [-0.2, 0) is 6.54 Å². The van der Waals surface area contributed by atoms with E-state index in [-0.39, 0.29) is 0 Å². The second kappa shape index (κ2) is 8.83. The van der Waals surface area contributed by atoms with Crippen LogP contribution in [0, 0.1) is 0 Å². The first-order valence-electron chi connectivity index (χ1n) is 9.15. The largest absolute Gasteiger partial charge is 0.383 e. The van der Waals surface area contributed by atoms with Crippen molar-refractivity contribution in [3.05, 3.63) is 64.0 Å². The van der Waals surface area contributed by atoms with Crippen LogP contribution in [0.15, 0.2) is 53.0 Å². The molecule has 26 heavy (non-hydrogen) atoms. The van der Waals surface area contributed by atoms with Gasteiger partial charge in [0.2, 0.25) is 0 Å². The van der Waals surface area contributed by atoms with E-state index in [1.807, 2.05) is 31.4 Å². The van der Waals surface area contributed by atoms with Gasteiger partial charge in [0.15, 0.2) is 0 Å². The lowest BCUT2D eigenvalue weighted by Gasteiger charge is -2.13. The van der Waals surface area contributed by atoms with Crippen LogP contribution >= 0.6 is 11.3 Å². The molecule has 1 aliphatic rings. The van der Waals surface area contributed by atoms with E-state index in [0.29, 0.717) is 12.4 Å². The van der Waals surface area contributed by atoms with Crippen molar-refractivity contribution in [1.82, 2.24) is 10.3 Å². The van der Waals surface area contributed by atoms with Gasteiger partial charge in [-0.25, -0.2) is 0 Å². The number of nitrogens with zero attached hydrogens (tertiary/aromatic N) is 1. The highest BCUT2D eigenvalue weighted by atomic mass is 32.1. The third kappa shape index (κ3) is 4.06. The first-order chi connectivity index (χ1) is 12.8. The Morgan fingerprint density at radius 1 is 1.27 bits per heavy atom. The molecule has 0 amide bonds. The lowest BCUT2D eigenvalue weighted by molar-refractivity contribution is 0.739. The van der Waals surface area contributed by atoms with Crippen LogP contribution in [0.25, 0.3) is 16.5 Å². The van der Waals surface area contributed by atoms with Crippen molar-refractivity contribution in [1.29, 1.82) is 0 Å². The molecule has 4 nitrogen and oxygen atoms in total. The van der Waals surface area contributed by atoms with Gasteiger partial charge in [0.1, 0.15) is 5.84 Å². The third-order valence-electron chi connectivity index (χ3n) is 4.36. The van der Waals surface area contributed by atoms with E-state index in [0.717, 1.165) is 24.4 Å². The van der Waals surface area contributed by atoms with Gasteiger partial charge in [-0.2, -0.15) is 0 Å². The molecule has 1 aliphatic heterocycles. The number of benzene rings is 1. The monoisotopic (exact) mass is 366 g/mol. The average molecular weight is 367 g/mol. The fourth-order valence-corrected chi connectivity index (χ4v) is 3.72. The van der Waals surface area contributed by atoms with E-state index in [4.69, 9.17) is 5.73 Å². The van der Waals surface area contributed by atoms with E-state index < -0.39 is 0 Å². The molecule has 0 radical (unpaired) electrons. The number of hydrogen-bond acceptors (Lipinski definition) is 3. The van der Waals surface area contributed by atoms with Gasteiger partial charge in [-0.15, -0.1) is 11.3 Å². The van der Waals surface area contributed by atoms with Gasteiger partial charge in [-0.05, 0) is 47.7 Å². The number of thiophene rings is 1. The van der Waals surface area contributed by atoms with Gasteiger partial charge < -0.3 is 16.0 Å². The summed E-state index contributed by atoms with van der Waals surface area (Å²) in [6, 6.07) is 10.5. The molecule has 4 rings (SSSR count). The number of nitrogens with one attached hydrogen (secondary N) is 2. The number of amidine groups is 1. The quantitative estimate of drug-likeness (QED) is 0.469. The average Bonchev–Trinajstić information content (AvgIpc) is 3.38. The summed E-state index contributed by atoms with van der Waals surface area (Å²) in [4.78, 5) is 8.95. The summed E-state index contributed by atoms with van der Waals surface area (Å²) in [5.41, 5.74) is 11.1. The number of aromatic nitrogens is 1. The molecule has 5 heteroatoms. The van der Waals surface area contributed by atoms with E-state index in [1.165, 1.54) is 27.6 Å². The molecule has 1 aromatic carbocycles. The lowest BCUT2D eigenvalue weighted by Crippen LogP contribution is -2.19. The van der Waals surface area contributed by atoms with Crippen molar-refractivity contribution in [3.8, 4) is 0 Å². The maximum atomic E-state index is 6.06. The Kier molecular flexibility index (Phi) is 6.26. The second-order valence-electron chi connectivity index (χ2n) is 5.94. The Balaban J connectivity index is 0.000000948. The van der Waals surface area contributed by atoms with Crippen molar-refractivity contribution in [2.75, 3.05) is 13.1 Å². The number of H-pyrrole nitrogens is 1. The molecule has 0 fully saturated rings. The predicted octanol–water partition coefficient (Wildman–Crippen LogP) is 4.54. The molecule has 0 unspecified atom stereocenters. The van der Waals surface area contributed by atoms with Crippen molar-refractivity contribution >= 4 is 33.6 Å². The molecular weight excluding hydrogens is 340 g/mol. The topological polar surface area (TPSA) is 66.2 Å². The molecule has 3 aromatic rings. The molecule has 0 spiro atoms. The molecule has 3 heterocycles. The van der Waals surface area contributed by atoms with Crippen LogP contribution in [0.4, 0.5) is 0 Å². The van der Waals surface area contributed by atoms with Crippen LogP contribution in [0.3, 0.4) is 0 Å². The molecule has 0 aliphatic carbocycles. The smallest absolute Gasteiger partial charge is 0.136 e. The minimum absolute atomic E-state index is 0.602. The fourth-order valence-electron chi connectivity index (χ4n) is 3.08. The van der Waals surface area contributed by atoms with Crippen LogP contribution < -0.4 is 11.1 Å². The van der Waals surface area contributed by atoms with Gasteiger partial charge >= 0.3 is 0 Å². The minimum atomic E-state index is 0.602. The van der Waals surface area contributed by atoms with E-state index in [9.17, 15) is 0 Å². The van der Waals surface area contributed by atoms with Crippen LogP contribution in [0.2, 0.25) is 0 Å². The highest BCUT2D eigenvalue weighted by Crippen LogP contribution is 2.28. The van der Waals surface area contributed by atoms with E-state index in [1.54, 1.807) is 11.3 Å². The van der Waals surface area contributed by atoms with Crippen LogP contribution in [-0.4, -0.2) is 23.9 Å². The molecule has 4 N–H and O–H groups in total. The van der Waals surface area contributed by atoms with E-state index >= 15 is 0 Å². The summed E-state index contributed by atoms with van der Waals surface area (Å²) in [5.74, 6) is 0.612. The van der Waals surface area contributed by atoms with Gasteiger partial charge in [0.25, 0.3) is 0 Å². The number of hydrogen-bond donors (Lipinski definition) is 3. The Morgan fingerprint density at radius 3 is 2.88 bits per heavy atom. The second-order valence-corrected chi connectivity index (χ2v) is 6.89. The summed E-state index contributed by atoms with van der Waals surface area (Å²) >= 11 is 1.62. The standard InChI is InChI=1S/C19H20N4S.C2H6/c20-19(18-2-1-9-24-18)23-11-13-3-4-17-15(10-13)16(12-22-17)14-5-7-21-8-6-14;1-2/h1-5,9-10,12,21-22H,6-8,11H2,(H2,20,23);1-2H3. The van der Waals surface area contributed by atoms with Gasteiger partial charge in [0, 0.05) is 29.2 Å². The highest BCUT2D eigenvalue weighted by Gasteiger charge is 2.11. The summed E-state index contributed by atoms with van der Waals surface area (Å²) in [5, 5.41) is 6.65. The Hall–Kier alpha value is -2.37. The summed E-state index contributed by atoms with van der Waals surface area (Å²) in [7, 11) is 0. The molecule has 0 atom stereocenters. The number of nitrogens with two attached hydrogens (primary N) is 1. The van der Waals surface area contributed by atoms with Crippen LogP contribution in [0.1, 0.15) is 36.3 Å². The van der Waals surface area contributed by atoms with Crippen molar-refractivity contribution in [2.45, 2.75) is 26.8 Å². The number of rotatable bonds is 4. The molecule has 2 aromatic heterocycles. The molecule has 0 saturated carbocycles. The Morgan fingerprint density at radius 2 is 2.15 bits per heavy atom. The van der Waals surface area contributed by atoms with Gasteiger partial charge in [0.05, 0.1) is 11.4 Å². The fraction of sp³-hybridized carbons (Fsp3) is 0.286.